The molecule has 1 aromatic heterocycles. The van der Waals surface area contributed by atoms with Crippen LogP contribution in [-0.4, -0.2) is 33.0 Å². The molecule has 2 aromatic carbocycles. The van der Waals surface area contributed by atoms with E-state index in [1.54, 1.807) is 30.7 Å². The average Bonchev–Trinajstić information content (AvgIpc) is 3.09. The lowest BCUT2D eigenvalue weighted by Gasteiger charge is -2.19. The Morgan fingerprint density at radius 1 is 1.14 bits per heavy atom. The van der Waals surface area contributed by atoms with Crippen molar-refractivity contribution in [1.29, 1.82) is 0 Å². The summed E-state index contributed by atoms with van der Waals surface area (Å²) in [5.74, 6) is -0.635. The molecule has 28 heavy (non-hydrogen) atoms. The first kappa shape index (κ1) is 19.5. The van der Waals surface area contributed by atoms with Gasteiger partial charge in [-0.05, 0) is 44.5 Å². The first-order valence-electron chi connectivity index (χ1n) is 9.36. The monoisotopic (exact) mass is 380 g/mol. The molecular weight excluding hydrogens is 356 g/mol. The van der Waals surface area contributed by atoms with E-state index in [4.69, 9.17) is 4.74 Å². The molecule has 1 heterocycles. The second-order valence-electron chi connectivity index (χ2n) is 6.79. The Morgan fingerprint density at radius 2 is 1.89 bits per heavy atom. The van der Waals surface area contributed by atoms with Crippen LogP contribution in [0.2, 0.25) is 0 Å². The molecule has 3 aromatic rings. The summed E-state index contributed by atoms with van der Waals surface area (Å²) in [4.78, 5) is 25.0. The Morgan fingerprint density at radius 3 is 2.57 bits per heavy atom. The first-order chi connectivity index (χ1) is 13.5. The minimum absolute atomic E-state index is 0.0577. The lowest BCUT2D eigenvalue weighted by atomic mass is 10.0. The van der Waals surface area contributed by atoms with E-state index < -0.39 is 6.04 Å². The van der Waals surface area contributed by atoms with Crippen molar-refractivity contribution < 1.29 is 14.3 Å². The van der Waals surface area contributed by atoms with Crippen LogP contribution in [-0.2, 0) is 16.1 Å². The van der Waals surface area contributed by atoms with Gasteiger partial charge in [0.05, 0.1) is 24.1 Å². The SMILES string of the molecule is CCn1nnc2cc(C(=O)N[C@@H](CC(=O)OC(C)C)c3ccccc3)ccc21. The summed E-state index contributed by atoms with van der Waals surface area (Å²) in [6, 6.07) is 14.2. The third kappa shape index (κ3) is 4.54. The molecule has 0 saturated carbocycles. The van der Waals surface area contributed by atoms with Crippen LogP contribution in [0.25, 0.3) is 11.0 Å². The number of nitrogens with one attached hydrogen (secondary N) is 1. The van der Waals surface area contributed by atoms with Gasteiger partial charge < -0.3 is 10.1 Å². The highest BCUT2D eigenvalue weighted by Crippen LogP contribution is 2.20. The van der Waals surface area contributed by atoms with Gasteiger partial charge in [0.2, 0.25) is 0 Å². The van der Waals surface area contributed by atoms with E-state index >= 15 is 0 Å². The van der Waals surface area contributed by atoms with Gasteiger partial charge in [-0.1, -0.05) is 35.5 Å². The fourth-order valence-electron chi connectivity index (χ4n) is 3.00. The van der Waals surface area contributed by atoms with Crippen LogP contribution in [0.3, 0.4) is 0 Å². The van der Waals surface area contributed by atoms with E-state index in [-0.39, 0.29) is 24.4 Å². The molecule has 0 saturated heterocycles. The van der Waals surface area contributed by atoms with Crippen molar-refractivity contribution in [2.45, 2.75) is 45.9 Å². The molecular formula is C21H24N4O3. The van der Waals surface area contributed by atoms with E-state index in [0.717, 1.165) is 11.1 Å². The van der Waals surface area contributed by atoms with Crippen molar-refractivity contribution >= 4 is 22.9 Å². The molecule has 3 rings (SSSR count). The molecule has 146 valence electrons. The Kier molecular flexibility index (Phi) is 6.03. The Labute approximate surface area is 163 Å². The van der Waals surface area contributed by atoms with Gasteiger partial charge in [0.1, 0.15) is 5.52 Å². The van der Waals surface area contributed by atoms with Crippen LogP contribution in [0, 0.1) is 0 Å². The Hall–Kier alpha value is -3.22. The maximum atomic E-state index is 12.8. The van der Waals surface area contributed by atoms with Crippen LogP contribution in [0.1, 0.15) is 49.2 Å². The predicted octanol–water partition coefficient (Wildman–Crippen LogP) is 3.26. The zero-order chi connectivity index (χ0) is 20.1. The van der Waals surface area contributed by atoms with Crippen molar-refractivity contribution in [3.8, 4) is 0 Å². The van der Waals surface area contributed by atoms with Gasteiger partial charge in [0, 0.05) is 12.1 Å². The topological polar surface area (TPSA) is 86.1 Å². The molecule has 1 amide bonds. The van der Waals surface area contributed by atoms with Crippen LogP contribution in [0.15, 0.2) is 48.5 Å². The summed E-state index contributed by atoms with van der Waals surface area (Å²) in [5.41, 5.74) is 2.84. The third-order valence-corrected chi connectivity index (χ3v) is 4.32. The lowest BCUT2D eigenvalue weighted by molar-refractivity contribution is -0.147. The van der Waals surface area contributed by atoms with Gasteiger partial charge in [-0.25, -0.2) is 4.68 Å². The minimum atomic E-state index is -0.484. The van der Waals surface area contributed by atoms with Gasteiger partial charge in [-0.3, -0.25) is 9.59 Å². The molecule has 0 aliphatic rings. The number of aromatic nitrogens is 3. The van der Waals surface area contributed by atoms with Gasteiger partial charge >= 0.3 is 5.97 Å². The number of fused-ring (bicyclic) bond motifs is 1. The summed E-state index contributed by atoms with van der Waals surface area (Å²) in [7, 11) is 0. The maximum Gasteiger partial charge on any atom is 0.308 e. The summed E-state index contributed by atoms with van der Waals surface area (Å²) in [6.45, 7) is 6.28. The highest BCUT2D eigenvalue weighted by atomic mass is 16.5. The lowest BCUT2D eigenvalue weighted by Crippen LogP contribution is -2.31. The van der Waals surface area contributed by atoms with Gasteiger partial charge in [0.15, 0.2) is 0 Å². The van der Waals surface area contributed by atoms with Crippen molar-refractivity contribution in [2.75, 3.05) is 0 Å². The molecule has 0 aliphatic carbocycles. The highest BCUT2D eigenvalue weighted by molar-refractivity contribution is 5.97. The number of hydrogen-bond donors (Lipinski definition) is 1. The van der Waals surface area contributed by atoms with E-state index in [2.05, 4.69) is 15.6 Å². The van der Waals surface area contributed by atoms with Crippen molar-refractivity contribution in [1.82, 2.24) is 20.3 Å². The van der Waals surface area contributed by atoms with Gasteiger partial charge in [0.25, 0.3) is 5.91 Å². The second-order valence-corrected chi connectivity index (χ2v) is 6.79. The second kappa shape index (κ2) is 8.65. The minimum Gasteiger partial charge on any atom is -0.463 e. The fourth-order valence-corrected chi connectivity index (χ4v) is 3.00. The zero-order valence-electron chi connectivity index (χ0n) is 16.3. The highest BCUT2D eigenvalue weighted by Gasteiger charge is 2.21. The Balaban J connectivity index is 1.81. The summed E-state index contributed by atoms with van der Waals surface area (Å²) in [5, 5.41) is 11.1. The molecule has 1 N–H and O–H groups in total. The van der Waals surface area contributed by atoms with Crippen LogP contribution in [0.4, 0.5) is 0 Å². The number of amides is 1. The Bertz CT molecular complexity index is 966. The summed E-state index contributed by atoms with van der Waals surface area (Å²) < 4.78 is 7.02. The van der Waals surface area contributed by atoms with E-state index in [0.29, 0.717) is 17.6 Å². The third-order valence-electron chi connectivity index (χ3n) is 4.32. The summed E-state index contributed by atoms with van der Waals surface area (Å²) in [6.07, 6.45) is -0.148. The molecule has 1 atom stereocenters. The van der Waals surface area contributed by atoms with Gasteiger partial charge in [-0.15, -0.1) is 5.10 Å². The quantitative estimate of drug-likeness (QED) is 0.636. The number of hydrogen-bond acceptors (Lipinski definition) is 5. The van der Waals surface area contributed by atoms with Crippen LogP contribution < -0.4 is 5.32 Å². The van der Waals surface area contributed by atoms with E-state index in [1.807, 2.05) is 43.3 Å². The molecule has 7 heteroatoms. The number of rotatable bonds is 7. The first-order valence-corrected chi connectivity index (χ1v) is 9.36. The fraction of sp³-hybridized carbons (Fsp3) is 0.333. The largest absolute Gasteiger partial charge is 0.463 e. The zero-order valence-corrected chi connectivity index (χ0v) is 16.3. The standard InChI is InChI=1S/C21H24N4O3/c1-4-25-19-11-10-16(12-18(19)23-24-25)21(27)22-17(13-20(26)28-14(2)3)15-8-6-5-7-9-15/h5-12,14,17H,4,13H2,1-3H3,(H,22,27)/t17-/m0/s1. The number of esters is 1. The van der Waals surface area contributed by atoms with Crippen molar-refractivity contribution in [3.63, 3.8) is 0 Å². The van der Waals surface area contributed by atoms with Crippen LogP contribution in [0.5, 0.6) is 0 Å². The molecule has 7 nitrogen and oxygen atoms in total. The molecule has 0 fully saturated rings. The summed E-state index contributed by atoms with van der Waals surface area (Å²) >= 11 is 0. The number of carbonyl (C=O) groups excluding carboxylic acids is 2. The number of carbonyl (C=O) groups is 2. The normalized spacial score (nSPS) is 12.1. The van der Waals surface area contributed by atoms with Gasteiger partial charge in [-0.2, -0.15) is 0 Å². The maximum absolute atomic E-state index is 12.8. The van der Waals surface area contributed by atoms with Crippen molar-refractivity contribution in [2.24, 2.45) is 0 Å². The molecule has 0 aliphatic heterocycles. The number of benzene rings is 2. The molecule has 0 radical (unpaired) electrons. The smallest absolute Gasteiger partial charge is 0.308 e. The number of aryl methyl sites for hydroxylation is 1. The molecule has 0 bridgehead atoms. The van der Waals surface area contributed by atoms with Crippen molar-refractivity contribution in [3.05, 3.63) is 59.7 Å². The predicted molar refractivity (Wildman–Crippen MR) is 106 cm³/mol. The van der Waals surface area contributed by atoms with Crippen LogP contribution >= 0.6 is 0 Å². The number of ether oxygens (including phenoxy) is 1. The van der Waals surface area contributed by atoms with E-state index in [9.17, 15) is 9.59 Å². The molecule has 0 spiro atoms. The van der Waals surface area contributed by atoms with E-state index in [1.165, 1.54) is 0 Å². The average molecular weight is 380 g/mol. The number of nitrogens with zero attached hydrogens (tertiary/aromatic N) is 3. The molecule has 0 unspecified atom stereocenters.